The van der Waals surface area contributed by atoms with Gasteiger partial charge in [-0.3, -0.25) is 9.67 Å². The Kier molecular flexibility index (Phi) is 3.33. The van der Waals surface area contributed by atoms with Gasteiger partial charge in [-0.15, -0.1) is 0 Å². The Hall–Kier alpha value is -2.79. The number of aromatic nitrogens is 2. The minimum absolute atomic E-state index is 0.581. The second-order valence-corrected chi connectivity index (χ2v) is 4.83. The van der Waals surface area contributed by atoms with Gasteiger partial charge < -0.3 is 5.32 Å². The highest BCUT2D eigenvalue weighted by molar-refractivity contribution is 6.16. The van der Waals surface area contributed by atoms with E-state index in [1.807, 2.05) is 36.9 Å². The first-order valence-electron chi connectivity index (χ1n) is 6.68. The fourth-order valence-corrected chi connectivity index (χ4v) is 2.57. The largest absolute Gasteiger partial charge is 0.368 e. The van der Waals surface area contributed by atoms with Crippen molar-refractivity contribution in [3.8, 4) is 0 Å². The summed E-state index contributed by atoms with van der Waals surface area (Å²) in [6.45, 7) is 3.43. The lowest BCUT2D eigenvalue weighted by molar-refractivity contribution is 0.758. The number of nitrogens with one attached hydrogen (secondary N) is 1. The molecule has 2 aromatic rings. The Morgan fingerprint density at radius 3 is 3.10 bits per heavy atom. The van der Waals surface area contributed by atoms with Crippen molar-refractivity contribution in [1.82, 2.24) is 9.78 Å². The molecule has 0 fully saturated rings. The smallest absolute Gasteiger partial charge is 0.133 e. The van der Waals surface area contributed by atoms with E-state index in [9.17, 15) is 0 Å². The zero-order chi connectivity index (χ0) is 14.8. The molecule has 0 saturated heterocycles. The topological polar surface area (TPSA) is 91.0 Å². The summed E-state index contributed by atoms with van der Waals surface area (Å²) < 4.78 is 1.84. The van der Waals surface area contributed by atoms with Gasteiger partial charge in [0.2, 0.25) is 0 Å². The maximum Gasteiger partial charge on any atom is 0.133 e. The monoisotopic (exact) mass is 281 g/mol. The average molecular weight is 281 g/mol. The van der Waals surface area contributed by atoms with Gasteiger partial charge in [-0.2, -0.15) is 5.10 Å². The number of aryl methyl sites for hydroxylation is 2. The molecule has 1 aliphatic heterocycles. The highest BCUT2D eigenvalue weighted by Crippen LogP contribution is 2.26. The number of azide groups is 1. The number of rotatable bonds is 2. The minimum atomic E-state index is 0.581. The zero-order valence-corrected chi connectivity index (χ0v) is 11.9. The number of benzene rings is 1. The normalized spacial score (nSPS) is 13.5. The fourth-order valence-electron chi connectivity index (χ4n) is 2.57. The van der Waals surface area contributed by atoms with Gasteiger partial charge in [0.1, 0.15) is 5.82 Å². The maximum atomic E-state index is 8.58. The van der Waals surface area contributed by atoms with Crippen LogP contribution in [-0.2, 0) is 7.05 Å². The summed E-state index contributed by atoms with van der Waals surface area (Å²) in [5.74, 6) is 0.970. The lowest BCUT2D eigenvalue weighted by Crippen LogP contribution is -2.08. The van der Waals surface area contributed by atoms with Crippen molar-refractivity contribution >= 4 is 17.2 Å². The Balaban J connectivity index is 2.17. The van der Waals surface area contributed by atoms with Crippen molar-refractivity contribution in [3.05, 3.63) is 51.5 Å². The van der Waals surface area contributed by atoms with Crippen LogP contribution in [0.1, 0.15) is 16.8 Å². The summed E-state index contributed by atoms with van der Waals surface area (Å²) in [6, 6.07) is 7.46. The van der Waals surface area contributed by atoms with Crippen LogP contribution in [0.5, 0.6) is 0 Å². The van der Waals surface area contributed by atoms with Gasteiger partial charge in [0, 0.05) is 29.8 Å². The molecular formula is C14H15N7. The standard InChI is InChI=1S/C14H15N7/c1-9-12-13(10-4-3-5-11(8-10)18-20-15)16-6-7-17-14(12)21(2)19-9/h3-5,8,17H,6-7H2,1-2H3. The molecule has 0 amide bonds. The lowest BCUT2D eigenvalue weighted by atomic mass is 10.0. The molecule has 1 aromatic carbocycles. The minimum Gasteiger partial charge on any atom is -0.368 e. The molecule has 0 radical (unpaired) electrons. The third kappa shape index (κ3) is 2.34. The van der Waals surface area contributed by atoms with E-state index < -0.39 is 0 Å². The van der Waals surface area contributed by atoms with Crippen LogP contribution in [-0.4, -0.2) is 28.6 Å². The first-order chi connectivity index (χ1) is 10.2. The third-order valence-corrected chi connectivity index (χ3v) is 3.41. The highest BCUT2D eigenvalue weighted by atomic mass is 15.3. The predicted molar refractivity (Wildman–Crippen MR) is 82.2 cm³/mol. The number of aliphatic imine (C=N–C) groups is 1. The van der Waals surface area contributed by atoms with Crippen molar-refractivity contribution in [2.24, 2.45) is 17.2 Å². The van der Waals surface area contributed by atoms with Crippen molar-refractivity contribution in [2.45, 2.75) is 6.92 Å². The van der Waals surface area contributed by atoms with E-state index in [1.54, 1.807) is 6.07 Å². The Morgan fingerprint density at radius 1 is 1.43 bits per heavy atom. The lowest BCUT2D eigenvalue weighted by Gasteiger charge is -2.08. The molecule has 0 unspecified atom stereocenters. The first-order valence-corrected chi connectivity index (χ1v) is 6.68. The Morgan fingerprint density at radius 2 is 2.29 bits per heavy atom. The number of nitrogens with zero attached hydrogens (tertiary/aromatic N) is 6. The number of hydrogen-bond donors (Lipinski definition) is 1. The van der Waals surface area contributed by atoms with Gasteiger partial charge in [-0.1, -0.05) is 23.3 Å². The molecule has 2 heterocycles. The molecule has 1 aliphatic rings. The second-order valence-electron chi connectivity index (χ2n) is 4.83. The molecular weight excluding hydrogens is 266 g/mol. The molecule has 0 atom stereocenters. The van der Waals surface area contributed by atoms with E-state index in [0.29, 0.717) is 12.2 Å². The summed E-state index contributed by atoms with van der Waals surface area (Å²) in [5.41, 5.74) is 12.9. The molecule has 1 aromatic heterocycles. The van der Waals surface area contributed by atoms with Crippen LogP contribution < -0.4 is 5.32 Å². The number of anilines is 1. The molecule has 106 valence electrons. The van der Waals surface area contributed by atoms with Gasteiger partial charge in [0.05, 0.1) is 23.5 Å². The van der Waals surface area contributed by atoms with E-state index in [1.165, 1.54) is 0 Å². The molecule has 0 spiro atoms. The van der Waals surface area contributed by atoms with Gasteiger partial charge in [-0.25, -0.2) is 0 Å². The van der Waals surface area contributed by atoms with Crippen LogP contribution in [0.15, 0.2) is 34.4 Å². The molecule has 0 saturated carbocycles. The van der Waals surface area contributed by atoms with Crippen LogP contribution in [0.4, 0.5) is 11.5 Å². The second kappa shape index (κ2) is 5.30. The molecule has 7 nitrogen and oxygen atoms in total. The average Bonchev–Trinajstić information content (AvgIpc) is 2.67. The first kappa shape index (κ1) is 13.2. The molecule has 3 rings (SSSR count). The van der Waals surface area contributed by atoms with E-state index in [-0.39, 0.29) is 0 Å². The van der Waals surface area contributed by atoms with Gasteiger partial charge in [0.15, 0.2) is 0 Å². The summed E-state index contributed by atoms with van der Waals surface area (Å²) in [6.07, 6.45) is 0. The zero-order valence-electron chi connectivity index (χ0n) is 11.9. The summed E-state index contributed by atoms with van der Waals surface area (Å²) >= 11 is 0. The van der Waals surface area contributed by atoms with Crippen LogP contribution in [0.25, 0.3) is 10.4 Å². The maximum absolute atomic E-state index is 8.58. The van der Waals surface area contributed by atoms with E-state index in [2.05, 4.69) is 25.4 Å². The van der Waals surface area contributed by atoms with E-state index >= 15 is 0 Å². The Bertz CT molecular complexity index is 766. The van der Waals surface area contributed by atoms with Gasteiger partial charge in [-0.05, 0) is 18.5 Å². The molecule has 1 N–H and O–H groups in total. The SMILES string of the molecule is Cc1nn(C)c2c1C(c1cccc(N=[N+]=[N-])c1)=NCCN2. The van der Waals surface area contributed by atoms with Gasteiger partial charge in [0.25, 0.3) is 0 Å². The number of fused-ring (bicyclic) bond motifs is 1. The van der Waals surface area contributed by atoms with Crippen molar-refractivity contribution < 1.29 is 0 Å². The molecule has 0 aliphatic carbocycles. The summed E-state index contributed by atoms with van der Waals surface area (Å²) in [4.78, 5) is 7.51. The highest BCUT2D eigenvalue weighted by Gasteiger charge is 2.21. The van der Waals surface area contributed by atoms with Crippen LogP contribution in [0.3, 0.4) is 0 Å². The summed E-state index contributed by atoms with van der Waals surface area (Å²) in [5, 5.41) is 11.5. The summed E-state index contributed by atoms with van der Waals surface area (Å²) in [7, 11) is 1.91. The molecule has 21 heavy (non-hydrogen) atoms. The molecule has 0 bridgehead atoms. The van der Waals surface area contributed by atoms with Crippen molar-refractivity contribution in [3.63, 3.8) is 0 Å². The van der Waals surface area contributed by atoms with E-state index in [4.69, 9.17) is 5.53 Å². The van der Waals surface area contributed by atoms with E-state index in [0.717, 1.165) is 34.9 Å². The molecule has 7 heteroatoms. The number of hydrogen-bond acceptors (Lipinski definition) is 4. The van der Waals surface area contributed by atoms with Crippen LogP contribution in [0, 0.1) is 6.92 Å². The van der Waals surface area contributed by atoms with Crippen LogP contribution >= 0.6 is 0 Å². The predicted octanol–water partition coefficient (Wildman–Crippen LogP) is 2.93. The quantitative estimate of drug-likeness (QED) is 0.521. The van der Waals surface area contributed by atoms with Crippen LogP contribution in [0.2, 0.25) is 0 Å². The van der Waals surface area contributed by atoms with Crippen molar-refractivity contribution in [1.29, 1.82) is 0 Å². The Labute approximate surface area is 121 Å². The fraction of sp³-hybridized carbons (Fsp3) is 0.286. The van der Waals surface area contributed by atoms with Gasteiger partial charge >= 0.3 is 0 Å². The third-order valence-electron chi connectivity index (χ3n) is 3.41. The van der Waals surface area contributed by atoms with Crippen molar-refractivity contribution in [2.75, 3.05) is 18.4 Å².